The first-order valence-corrected chi connectivity index (χ1v) is 12.2. The first-order chi connectivity index (χ1) is 16.4. The Kier molecular flexibility index (Phi) is 6.10. The molecule has 0 spiro atoms. The highest BCUT2D eigenvalue weighted by Crippen LogP contribution is 2.33. The maximum absolute atomic E-state index is 15.4. The Morgan fingerprint density at radius 2 is 2.00 bits per heavy atom. The number of benzene rings is 2. The quantitative estimate of drug-likeness (QED) is 0.438. The SMILES string of the molecule is Cc1cc(C)c2c(N(C(=O)c3ccc(-c4nnc(C)s4)cc3F)[C@@H]3CCCNC3)nccc2c1. The molecule has 1 atom stereocenters. The van der Waals surface area contributed by atoms with Gasteiger partial charge in [0.1, 0.15) is 21.7 Å². The van der Waals surface area contributed by atoms with Gasteiger partial charge in [-0.05, 0) is 69.3 Å². The number of carbonyl (C=O) groups excluding carboxylic acids is 1. The van der Waals surface area contributed by atoms with Crippen molar-refractivity contribution in [2.45, 2.75) is 39.7 Å². The number of nitrogens with one attached hydrogen (secondary N) is 1. The van der Waals surface area contributed by atoms with E-state index in [-0.39, 0.29) is 17.5 Å². The molecule has 1 N–H and O–H groups in total. The van der Waals surface area contributed by atoms with Crippen LogP contribution in [0.3, 0.4) is 0 Å². The minimum absolute atomic E-state index is 0.0270. The van der Waals surface area contributed by atoms with E-state index in [2.05, 4.69) is 39.6 Å². The number of aryl methyl sites for hydroxylation is 3. The van der Waals surface area contributed by atoms with Crippen LogP contribution in [0.25, 0.3) is 21.3 Å². The summed E-state index contributed by atoms with van der Waals surface area (Å²) < 4.78 is 15.4. The van der Waals surface area contributed by atoms with Crippen LogP contribution in [-0.2, 0) is 0 Å². The number of rotatable bonds is 4. The number of anilines is 1. The van der Waals surface area contributed by atoms with Crippen molar-refractivity contribution >= 4 is 33.8 Å². The van der Waals surface area contributed by atoms with Gasteiger partial charge in [0, 0.05) is 23.7 Å². The van der Waals surface area contributed by atoms with E-state index in [1.165, 1.54) is 17.4 Å². The maximum atomic E-state index is 15.4. The average Bonchev–Trinajstić information content (AvgIpc) is 3.26. The molecule has 0 unspecified atom stereocenters. The number of halogens is 1. The smallest absolute Gasteiger partial charge is 0.262 e. The van der Waals surface area contributed by atoms with Gasteiger partial charge >= 0.3 is 0 Å². The number of piperidine rings is 1. The van der Waals surface area contributed by atoms with E-state index < -0.39 is 5.82 Å². The van der Waals surface area contributed by atoms with Crippen LogP contribution in [0, 0.1) is 26.6 Å². The van der Waals surface area contributed by atoms with Gasteiger partial charge in [0.05, 0.1) is 11.6 Å². The molecular weight excluding hydrogens is 449 g/mol. The van der Waals surface area contributed by atoms with Crippen LogP contribution >= 0.6 is 11.3 Å². The second kappa shape index (κ2) is 9.19. The van der Waals surface area contributed by atoms with Gasteiger partial charge < -0.3 is 5.32 Å². The molecule has 4 aromatic rings. The Hall–Kier alpha value is -3.23. The summed E-state index contributed by atoms with van der Waals surface area (Å²) in [7, 11) is 0. The zero-order chi connectivity index (χ0) is 23.8. The molecule has 0 radical (unpaired) electrons. The van der Waals surface area contributed by atoms with Crippen molar-refractivity contribution < 1.29 is 9.18 Å². The molecule has 34 heavy (non-hydrogen) atoms. The van der Waals surface area contributed by atoms with Crippen LogP contribution < -0.4 is 10.2 Å². The highest BCUT2D eigenvalue weighted by molar-refractivity contribution is 7.14. The molecular formula is C26H26FN5OS. The number of amides is 1. The lowest BCUT2D eigenvalue weighted by Crippen LogP contribution is -2.49. The topological polar surface area (TPSA) is 71.0 Å². The van der Waals surface area contributed by atoms with Gasteiger partial charge in [0.2, 0.25) is 0 Å². The summed E-state index contributed by atoms with van der Waals surface area (Å²) in [5, 5.41) is 14.9. The lowest BCUT2D eigenvalue weighted by Gasteiger charge is -2.35. The van der Waals surface area contributed by atoms with Crippen LogP contribution in [-0.4, -0.2) is 40.2 Å². The van der Waals surface area contributed by atoms with Gasteiger partial charge in [-0.2, -0.15) is 0 Å². The average molecular weight is 476 g/mol. The lowest BCUT2D eigenvalue weighted by molar-refractivity contribution is 0.0968. The summed E-state index contributed by atoms with van der Waals surface area (Å²) in [5.74, 6) is -0.375. The molecule has 1 amide bonds. The van der Waals surface area contributed by atoms with Crippen LogP contribution in [0.1, 0.15) is 39.3 Å². The van der Waals surface area contributed by atoms with Crippen molar-refractivity contribution in [2.24, 2.45) is 0 Å². The van der Waals surface area contributed by atoms with Crippen LogP contribution in [0.15, 0.2) is 42.6 Å². The Morgan fingerprint density at radius 3 is 2.71 bits per heavy atom. The fraction of sp³-hybridized carbons (Fsp3) is 0.308. The molecule has 1 saturated heterocycles. The summed E-state index contributed by atoms with van der Waals surface area (Å²) in [6, 6.07) is 10.7. The molecule has 1 aliphatic rings. The summed E-state index contributed by atoms with van der Waals surface area (Å²) in [4.78, 5) is 20.3. The molecule has 174 valence electrons. The molecule has 1 aliphatic heterocycles. The molecule has 0 saturated carbocycles. The molecule has 1 fully saturated rings. The molecule has 3 heterocycles. The number of carbonyl (C=O) groups is 1. The Balaban J connectivity index is 1.61. The van der Waals surface area contributed by atoms with Crippen LogP contribution in [0.2, 0.25) is 0 Å². The molecule has 5 rings (SSSR count). The number of hydrogen-bond acceptors (Lipinski definition) is 6. The molecule has 0 aliphatic carbocycles. The number of hydrogen-bond donors (Lipinski definition) is 1. The third-order valence-corrected chi connectivity index (χ3v) is 7.13. The molecule has 8 heteroatoms. The molecule has 2 aromatic heterocycles. The standard InChI is InChI=1S/C26H26FN5OS/c1-15-11-16(2)23-18(12-15)8-10-29-24(23)32(20-5-4-9-28-14-20)26(33)21-7-6-19(13-22(21)27)25-31-30-17(3)34-25/h6-8,10-13,20,28H,4-5,9,14H2,1-3H3/t20-/m1/s1. The van der Waals surface area contributed by atoms with Crippen LogP contribution in [0.5, 0.6) is 0 Å². The highest BCUT2D eigenvalue weighted by atomic mass is 32.1. The van der Waals surface area contributed by atoms with E-state index in [1.54, 1.807) is 23.2 Å². The lowest BCUT2D eigenvalue weighted by atomic mass is 9.99. The van der Waals surface area contributed by atoms with Gasteiger partial charge in [-0.15, -0.1) is 10.2 Å². The summed E-state index contributed by atoms with van der Waals surface area (Å²) >= 11 is 1.39. The van der Waals surface area contributed by atoms with Crippen molar-refractivity contribution in [2.75, 3.05) is 18.0 Å². The number of aromatic nitrogens is 3. The summed E-state index contributed by atoms with van der Waals surface area (Å²) in [6.45, 7) is 7.48. The molecule has 2 aromatic carbocycles. The predicted octanol–water partition coefficient (Wildman–Crippen LogP) is 5.22. The van der Waals surface area contributed by atoms with Crippen molar-refractivity contribution in [3.63, 3.8) is 0 Å². The predicted molar refractivity (Wildman–Crippen MR) is 134 cm³/mol. The van der Waals surface area contributed by atoms with Crippen molar-refractivity contribution in [3.8, 4) is 10.6 Å². The second-order valence-corrected chi connectivity index (χ2v) is 9.99. The zero-order valence-electron chi connectivity index (χ0n) is 19.4. The fourth-order valence-corrected chi connectivity index (χ4v) is 5.41. The van der Waals surface area contributed by atoms with Crippen molar-refractivity contribution in [1.82, 2.24) is 20.5 Å². The fourth-order valence-electron chi connectivity index (χ4n) is 4.73. The Bertz CT molecular complexity index is 1380. The van der Waals surface area contributed by atoms with Crippen LogP contribution in [0.4, 0.5) is 10.2 Å². The minimum atomic E-state index is -0.572. The van der Waals surface area contributed by atoms with Gasteiger partial charge in [-0.25, -0.2) is 9.37 Å². The largest absolute Gasteiger partial charge is 0.315 e. The van der Waals surface area contributed by atoms with E-state index in [9.17, 15) is 4.79 Å². The van der Waals surface area contributed by atoms with E-state index in [1.807, 2.05) is 19.9 Å². The number of fused-ring (bicyclic) bond motifs is 1. The Labute approximate surface area is 201 Å². The third kappa shape index (κ3) is 4.19. The van der Waals surface area contributed by atoms with Crippen molar-refractivity contribution in [1.29, 1.82) is 0 Å². The first-order valence-electron chi connectivity index (χ1n) is 11.4. The number of pyridine rings is 1. The summed E-state index contributed by atoms with van der Waals surface area (Å²) in [6.07, 6.45) is 3.49. The van der Waals surface area contributed by atoms with Gasteiger partial charge in [0.15, 0.2) is 0 Å². The Morgan fingerprint density at radius 1 is 1.15 bits per heavy atom. The second-order valence-electron chi connectivity index (χ2n) is 8.81. The van der Waals surface area contributed by atoms with E-state index in [4.69, 9.17) is 0 Å². The zero-order valence-corrected chi connectivity index (χ0v) is 20.2. The monoisotopic (exact) mass is 475 g/mol. The normalized spacial score (nSPS) is 16.1. The maximum Gasteiger partial charge on any atom is 0.262 e. The minimum Gasteiger partial charge on any atom is -0.315 e. The van der Waals surface area contributed by atoms with E-state index in [0.717, 1.165) is 46.3 Å². The van der Waals surface area contributed by atoms with E-state index >= 15 is 4.39 Å². The van der Waals surface area contributed by atoms with Gasteiger partial charge in [-0.3, -0.25) is 9.69 Å². The molecule has 6 nitrogen and oxygen atoms in total. The van der Waals surface area contributed by atoms with Crippen molar-refractivity contribution in [3.05, 3.63) is 70.1 Å². The van der Waals surface area contributed by atoms with Gasteiger partial charge in [-0.1, -0.05) is 35.1 Å². The molecule has 0 bridgehead atoms. The highest BCUT2D eigenvalue weighted by Gasteiger charge is 2.32. The first kappa shape index (κ1) is 22.6. The summed E-state index contributed by atoms with van der Waals surface area (Å²) in [5.41, 5.74) is 2.83. The van der Waals surface area contributed by atoms with E-state index in [0.29, 0.717) is 22.9 Å². The number of nitrogens with zero attached hydrogens (tertiary/aromatic N) is 4. The third-order valence-electron chi connectivity index (χ3n) is 6.24. The van der Waals surface area contributed by atoms with Gasteiger partial charge in [0.25, 0.3) is 5.91 Å².